The van der Waals surface area contributed by atoms with Crippen LogP contribution < -0.4 is 5.32 Å². The largest absolute Gasteiger partial charge is 0.311 e. The van der Waals surface area contributed by atoms with Crippen LogP contribution in [0.3, 0.4) is 0 Å². The molecule has 4 nitrogen and oxygen atoms in total. The number of nitrogens with one attached hydrogen (secondary N) is 1. The molecule has 1 aromatic carbocycles. The second kappa shape index (κ2) is 7.78. The number of hydrogen-bond acceptors (Lipinski definition) is 2. The average Bonchev–Trinajstić information content (AvgIpc) is 2.88. The fraction of sp³-hybridized carbons (Fsp3) is 0.444. The summed E-state index contributed by atoms with van der Waals surface area (Å²) in [7, 11) is 0. The van der Waals surface area contributed by atoms with Crippen LogP contribution in [0.15, 0.2) is 36.5 Å². The number of aromatic nitrogens is 2. The number of amides is 1. The molecule has 0 fully saturated rings. The van der Waals surface area contributed by atoms with Gasteiger partial charge in [0.15, 0.2) is 0 Å². The van der Waals surface area contributed by atoms with E-state index in [1.54, 1.807) is 6.20 Å². The number of aryl methyl sites for hydroxylation is 1. The molecule has 0 saturated carbocycles. The van der Waals surface area contributed by atoms with Gasteiger partial charge < -0.3 is 5.32 Å². The number of benzene rings is 1. The predicted octanol–water partition coefficient (Wildman–Crippen LogP) is 3.67. The first-order valence-electron chi connectivity index (χ1n) is 7.98. The van der Waals surface area contributed by atoms with Crippen LogP contribution >= 0.6 is 0 Å². The lowest BCUT2D eigenvalue weighted by Gasteiger charge is -2.09. The van der Waals surface area contributed by atoms with Crippen LogP contribution in [-0.2, 0) is 24.2 Å². The molecule has 1 amide bonds. The van der Waals surface area contributed by atoms with E-state index >= 15 is 0 Å². The highest BCUT2D eigenvalue weighted by atomic mass is 16.1. The van der Waals surface area contributed by atoms with E-state index in [4.69, 9.17) is 0 Å². The van der Waals surface area contributed by atoms with E-state index in [2.05, 4.69) is 43.3 Å². The van der Waals surface area contributed by atoms with Gasteiger partial charge in [0.25, 0.3) is 0 Å². The molecule has 0 bridgehead atoms. The van der Waals surface area contributed by atoms with Crippen molar-refractivity contribution in [3.05, 3.63) is 47.7 Å². The second-order valence-corrected chi connectivity index (χ2v) is 6.08. The monoisotopic (exact) mass is 299 g/mol. The van der Waals surface area contributed by atoms with Crippen LogP contribution in [0.5, 0.6) is 0 Å². The van der Waals surface area contributed by atoms with Gasteiger partial charge in [0.05, 0.1) is 12.6 Å². The molecule has 2 aromatic rings. The zero-order valence-electron chi connectivity index (χ0n) is 13.7. The summed E-state index contributed by atoms with van der Waals surface area (Å²) in [5, 5.41) is 7.14. The van der Waals surface area contributed by atoms with Crippen molar-refractivity contribution in [1.29, 1.82) is 0 Å². The summed E-state index contributed by atoms with van der Waals surface area (Å²) in [5.41, 5.74) is 2.35. The Morgan fingerprint density at radius 2 is 1.86 bits per heavy atom. The predicted molar refractivity (Wildman–Crippen MR) is 89.8 cm³/mol. The van der Waals surface area contributed by atoms with Crippen molar-refractivity contribution in [3.63, 3.8) is 0 Å². The maximum Gasteiger partial charge on any atom is 0.229 e. The Morgan fingerprint density at radius 3 is 2.50 bits per heavy atom. The molecule has 1 N–H and O–H groups in total. The minimum Gasteiger partial charge on any atom is -0.311 e. The first-order chi connectivity index (χ1) is 10.6. The molecule has 0 aliphatic carbocycles. The summed E-state index contributed by atoms with van der Waals surface area (Å²) >= 11 is 0. The van der Waals surface area contributed by atoms with E-state index in [-0.39, 0.29) is 5.91 Å². The number of rotatable bonds is 7. The Bertz CT molecular complexity index is 599. The van der Waals surface area contributed by atoms with Crippen molar-refractivity contribution >= 4 is 11.7 Å². The molecule has 0 aliphatic heterocycles. The third-order valence-electron chi connectivity index (χ3n) is 3.45. The zero-order valence-corrected chi connectivity index (χ0v) is 13.7. The minimum absolute atomic E-state index is 0.00513. The standard InChI is InChI=1S/C18H25N3O/c1-4-11-21-17(9-10-19-21)20-18(22)13-16-7-5-15(6-8-16)12-14(2)3/h5-10,14H,4,11-13H2,1-3H3,(H,20,22). The van der Waals surface area contributed by atoms with Gasteiger partial charge in [0.1, 0.15) is 5.82 Å². The molecule has 1 aromatic heterocycles. The highest BCUT2D eigenvalue weighted by molar-refractivity contribution is 5.91. The van der Waals surface area contributed by atoms with Crippen LogP contribution in [-0.4, -0.2) is 15.7 Å². The van der Waals surface area contributed by atoms with Crippen molar-refractivity contribution in [2.75, 3.05) is 5.32 Å². The van der Waals surface area contributed by atoms with Gasteiger partial charge in [0.2, 0.25) is 5.91 Å². The fourth-order valence-electron chi connectivity index (χ4n) is 2.47. The highest BCUT2D eigenvalue weighted by Crippen LogP contribution is 2.12. The normalized spacial score (nSPS) is 10.9. The molecule has 0 atom stereocenters. The smallest absolute Gasteiger partial charge is 0.229 e. The Labute approximate surface area is 132 Å². The van der Waals surface area contributed by atoms with Gasteiger partial charge in [-0.3, -0.25) is 4.79 Å². The first kappa shape index (κ1) is 16.3. The summed E-state index contributed by atoms with van der Waals surface area (Å²) in [6.45, 7) is 7.32. The minimum atomic E-state index is -0.00513. The lowest BCUT2D eigenvalue weighted by Crippen LogP contribution is -2.17. The summed E-state index contributed by atoms with van der Waals surface area (Å²) in [6.07, 6.45) is 4.16. The lowest BCUT2D eigenvalue weighted by molar-refractivity contribution is -0.115. The number of nitrogens with zero attached hydrogens (tertiary/aromatic N) is 2. The molecule has 0 spiro atoms. The second-order valence-electron chi connectivity index (χ2n) is 6.08. The Balaban J connectivity index is 1.92. The molecule has 0 radical (unpaired) electrons. The lowest BCUT2D eigenvalue weighted by atomic mass is 10.0. The topological polar surface area (TPSA) is 46.9 Å². The van der Waals surface area contributed by atoms with E-state index in [1.807, 2.05) is 22.9 Å². The van der Waals surface area contributed by atoms with E-state index < -0.39 is 0 Å². The van der Waals surface area contributed by atoms with Crippen molar-refractivity contribution in [2.45, 2.75) is 46.6 Å². The van der Waals surface area contributed by atoms with E-state index in [1.165, 1.54) is 5.56 Å². The Morgan fingerprint density at radius 1 is 1.18 bits per heavy atom. The number of carbonyl (C=O) groups excluding carboxylic acids is 1. The molecule has 2 rings (SSSR count). The van der Waals surface area contributed by atoms with Crippen LogP contribution in [0, 0.1) is 5.92 Å². The Hall–Kier alpha value is -2.10. The van der Waals surface area contributed by atoms with Gasteiger partial charge in [-0.25, -0.2) is 4.68 Å². The summed E-state index contributed by atoms with van der Waals surface area (Å²) in [6, 6.07) is 10.1. The summed E-state index contributed by atoms with van der Waals surface area (Å²) in [5.74, 6) is 1.41. The molecule has 0 aliphatic rings. The zero-order chi connectivity index (χ0) is 15.9. The van der Waals surface area contributed by atoms with Crippen LogP contribution in [0.4, 0.5) is 5.82 Å². The molecule has 1 heterocycles. The van der Waals surface area contributed by atoms with Gasteiger partial charge in [0, 0.05) is 12.6 Å². The number of hydrogen-bond donors (Lipinski definition) is 1. The van der Waals surface area contributed by atoms with E-state index in [9.17, 15) is 4.79 Å². The molecular weight excluding hydrogens is 274 g/mol. The molecule has 0 unspecified atom stereocenters. The first-order valence-corrected chi connectivity index (χ1v) is 7.98. The summed E-state index contributed by atoms with van der Waals surface area (Å²) in [4.78, 5) is 12.1. The number of carbonyl (C=O) groups is 1. The molecule has 118 valence electrons. The maximum atomic E-state index is 12.1. The van der Waals surface area contributed by atoms with E-state index in [0.717, 1.165) is 30.8 Å². The van der Waals surface area contributed by atoms with Crippen molar-refractivity contribution < 1.29 is 4.79 Å². The molecule has 0 saturated heterocycles. The molecule has 4 heteroatoms. The third kappa shape index (κ3) is 4.72. The van der Waals surface area contributed by atoms with Crippen molar-refractivity contribution in [1.82, 2.24) is 9.78 Å². The highest BCUT2D eigenvalue weighted by Gasteiger charge is 2.08. The summed E-state index contributed by atoms with van der Waals surface area (Å²) < 4.78 is 1.82. The van der Waals surface area contributed by atoms with Crippen molar-refractivity contribution in [2.24, 2.45) is 5.92 Å². The third-order valence-corrected chi connectivity index (χ3v) is 3.45. The van der Waals surface area contributed by atoms with E-state index in [0.29, 0.717) is 12.3 Å². The van der Waals surface area contributed by atoms with Gasteiger partial charge >= 0.3 is 0 Å². The van der Waals surface area contributed by atoms with Crippen molar-refractivity contribution in [3.8, 4) is 0 Å². The Kier molecular flexibility index (Phi) is 5.75. The number of anilines is 1. The van der Waals surface area contributed by atoms with Gasteiger partial charge in [-0.15, -0.1) is 0 Å². The van der Waals surface area contributed by atoms with Gasteiger partial charge in [-0.1, -0.05) is 45.0 Å². The maximum absolute atomic E-state index is 12.1. The SMILES string of the molecule is CCCn1nccc1NC(=O)Cc1ccc(CC(C)C)cc1. The van der Waals surface area contributed by atoms with Crippen LogP contribution in [0.1, 0.15) is 38.3 Å². The van der Waals surface area contributed by atoms with Gasteiger partial charge in [-0.05, 0) is 29.9 Å². The van der Waals surface area contributed by atoms with Crippen LogP contribution in [0.2, 0.25) is 0 Å². The molecule has 22 heavy (non-hydrogen) atoms. The average molecular weight is 299 g/mol. The van der Waals surface area contributed by atoms with Gasteiger partial charge in [-0.2, -0.15) is 5.10 Å². The quantitative estimate of drug-likeness (QED) is 0.848. The van der Waals surface area contributed by atoms with Crippen LogP contribution in [0.25, 0.3) is 0 Å². The fourth-order valence-corrected chi connectivity index (χ4v) is 2.47. The molecular formula is C18H25N3O.